The highest BCUT2D eigenvalue weighted by Crippen LogP contribution is 2.24. The molecule has 0 radical (unpaired) electrons. The van der Waals surface area contributed by atoms with Crippen molar-refractivity contribution < 1.29 is 13.5 Å². The standard InChI is InChI=1S/C28H28F2N8O/c1-36-15-21(13-35-36)20-4-2-19(3-5-20)12-31-27-11-25(33-18-34-27)26-14-32-28-10-22(6-7-38(26)28)39-9-8-37-16-23(29)24(30)17-37/h2-7,10-11,13-15,18,23-24H,8-9,12,16-17H2,1H3,(H,31,33,34)/t23-,24+. The van der Waals surface area contributed by atoms with Gasteiger partial charge in [-0.1, -0.05) is 24.3 Å². The highest BCUT2D eigenvalue weighted by Gasteiger charge is 2.32. The van der Waals surface area contributed by atoms with Crippen LogP contribution in [-0.2, 0) is 13.6 Å². The van der Waals surface area contributed by atoms with E-state index < -0.39 is 12.3 Å². The van der Waals surface area contributed by atoms with Gasteiger partial charge in [0.1, 0.15) is 42.5 Å². The molecule has 39 heavy (non-hydrogen) atoms. The molecular formula is C28H28F2N8O. The van der Waals surface area contributed by atoms with Gasteiger partial charge in [0.05, 0.1) is 23.8 Å². The zero-order valence-corrected chi connectivity index (χ0v) is 21.4. The Hall–Kier alpha value is -4.38. The third-order valence-corrected chi connectivity index (χ3v) is 6.81. The van der Waals surface area contributed by atoms with Crippen LogP contribution < -0.4 is 10.1 Å². The summed E-state index contributed by atoms with van der Waals surface area (Å²) in [6, 6.07) is 13.9. The third kappa shape index (κ3) is 5.58. The average Bonchev–Trinajstić information content (AvgIpc) is 3.66. The van der Waals surface area contributed by atoms with Crippen LogP contribution in [0.15, 0.2) is 73.6 Å². The monoisotopic (exact) mass is 530 g/mol. The van der Waals surface area contributed by atoms with Gasteiger partial charge >= 0.3 is 0 Å². The van der Waals surface area contributed by atoms with Crippen LogP contribution in [0.3, 0.4) is 0 Å². The maximum atomic E-state index is 13.4. The van der Waals surface area contributed by atoms with E-state index in [1.807, 2.05) is 48.2 Å². The number of hydrogen-bond donors (Lipinski definition) is 1. The number of benzene rings is 1. The lowest BCUT2D eigenvalue weighted by atomic mass is 10.1. The van der Waals surface area contributed by atoms with Crippen molar-refractivity contribution in [2.45, 2.75) is 18.9 Å². The van der Waals surface area contributed by atoms with Crippen LogP contribution in [0.25, 0.3) is 28.2 Å². The molecule has 2 atom stereocenters. The lowest BCUT2D eigenvalue weighted by Gasteiger charge is -2.14. The molecule has 200 valence electrons. The molecule has 9 nitrogen and oxygen atoms in total. The fourth-order valence-electron chi connectivity index (χ4n) is 4.69. The van der Waals surface area contributed by atoms with Gasteiger partial charge < -0.3 is 10.1 Å². The maximum Gasteiger partial charge on any atom is 0.145 e. The molecule has 5 aromatic rings. The first-order valence-electron chi connectivity index (χ1n) is 12.8. The molecule has 0 saturated carbocycles. The molecule has 6 rings (SSSR count). The molecule has 11 heteroatoms. The summed E-state index contributed by atoms with van der Waals surface area (Å²) in [5.41, 5.74) is 5.59. The number of halogens is 2. The van der Waals surface area contributed by atoms with Crippen LogP contribution in [-0.4, -0.2) is 72.6 Å². The van der Waals surface area contributed by atoms with E-state index in [9.17, 15) is 8.78 Å². The van der Waals surface area contributed by atoms with E-state index in [0.717, 1.165) is 28.1 Å². The summed E-state index contributed by atoms with van der Waals surface area (Å²) in [6.45, 7) is 1.66. The van der Waals surface area contributed by atoms with Crippen LogP contribution >= 0.6 is 0 Å². The van der Waals surface area contributed by atoms with Gasteiger partial charge in [-0.25, -0.2) is 23.7 Å². The van der Waals surface area contributed by atoms with E-state index in [4.69, 9.17) is 4.74 Å². The van der Waals surface area contributed by atoms with Crippen molar-refractivity contribution in [1.82, 2.24) is 34.0 Å². The number of aryl methyl sites for hydroxylation is 1. The summed E-state index contributed by atoms with van der Waals surface area (Å²) in [7, 11) is 1.91. The predicted octanol–water partition coefficient (Wildman–Crippen LogP) is 4.17. The Morgan fingerprint density at radius 1 is 0.974 bits per heavy atom. The van der Waals surface area contributed by atoms with Crippen molar-refractivity contribution in [2.75, 3.05) is 31.6 Å². The SMILES string of the molecule is Cn1cc(-c2ccc(CNc3cc(-c4cnc5cc(OCCN6C[C@@H](F)[C@@H](F)C6)ccn45)ncn3)cc2)cn1. The van der Waals surface area contributed by atoms with Gasteiger partial charge in [-0.2, -0.15) is 5.10 Å². The van der Waals surface area contributed by atoms with Gasteiger partial charge in [0, 0.05) is 63.3 Å². The predicted molar refractivity (Wildman–Crippen MR) is 144 cm³/mol. The molecule has 5 heterocycles. The van der Waals surface area contributed by atoms with Crippen LogP contribution in [0.4, 0.5) is 14.6 Å². The molecular weight excluding hydrogens is 502 g/mol. The molecule has 0 unspecified atom stereocenters. The highest BCUT2D eigenvalue weighted by atomic mass is 19.2. The number of imidazole rings is 1. The summed E-state index contributed by atoms with van der Waals surface area (Å²) < 4.78 is 36.3. The van der Waals surface area contributed by atoms with Crippen molar-refractivity contribution in [1.29, 1.82) is 0 Å². The second-order valence-electron chi connectivity index (χ2n) is 9.62. The maximum absolute atomic E-state index is 13.4. The van der Waals surface area contributed by atoms with Crippen molar-refractivity contribution in [2.24, 2.45) is 7.05 Å². The summed E-state index contributed by atoms with van der Waals surface area (Å²) in [5, 5.41) is 7.60. The van der Waals surface area contributed by atoms with Crippen LogP contribution in [0, 0.1) is 0 Å². The molecule has 4 aromatic heterocycles. The molecule has 0 aliphatic carbocycles. The second-order valence-corrected chi connectivity index (χ2v) is 9.62. The number of aromatic nitrogens is 6. The number of pyridine rings is 1. The zero-order valence-electron chi connectivity index (χ0n) is 21.4. The molecule has 1 aliphatic heterocycles. The summed E-state index contributed by atoms with van der Waals surface area (Å²) in [6.07, 6.45) is 6.18. The van der Waals surface area contributed by atoms with Crippen LogP contribution in [0.2, 0.25) is 0 Å². The fraction of sp³-hybridized carbons (Fsp3) is 0.286. The normalized spacial score (nSPS) is 17.6. The first-order valence-corrected chi connectivity index (χ1v) is 12.8. The molecule has 1 saturated heterocycles. The number of anilines is 1. The van der Waals surface area contributed by atoms with Gasteiger partial charge in [0.25, 0.3) is 0 Å². The number of hydrogen-bond acceptors (Lipinski definition) is 7. The number of likely N-dealkylation sites (tertiary alicyclic amines) is 1. The van der Waals surface area contributed by atoms with Crippen molar-refractivity contribution in [3.8, 4) is 28.3 Å². The smallest absolute Gasteiger partial charge is 0.145 e. The number of fused-ring (bicyclic) bond motifs is 1. The zero-order chi connectivity index (χ0) is 26.8. The van der Waals surface area contributed by atoms with Gasteiger partial charge in [0.2, 0.25) is 0 Å². The first-order chi connectivity index (χ1) is 19.0. The Morgan fingerprint density at radius 2 is 1.79 bits per heavy atom. The van der Waals surface area contributed by atoms with Crippen LogP contribution in [0.1, 0.15) is 5.56 Å². The quantitative estimate of drug-likeness (QED) is 0.306. The van der Waals surface area contributed by atoms with Gasteiger partial charge in [-0.05, 0) is 17.2 Å². The van der Waals surface area contributed by atoms with Crippen LogP contribution in [0.5, 0.6) is 5.75 Å². The first kappa shape index (κ1) is 24.9. The fourth-order valence-corrected chi connectivity index (χ4v) is 4.69. The topological polar surface area (TPSA) is 85.4 Å². The summed E-state index contributed by atoms with van der Waals surface area (Å²) >= 11 is 0. The minimum Gasteiger partial charge on any atom is -0.492 e. The van der Waals surface area contributed by atoms with E-state index in [1.54, 1.807) is 15.8 Å². The third-order valence-electron chi connectivity index (χ3n) is 6.81. The lowest BCUT2D eigenvalue weighted by molar-refractivity contribution is 0.217. The van der Waals surface area contributed by atoms with Crippen molar-refractivity contribution in [3.05, 3.63) is 79.1 Å². The molecule has 0 amide bonds. The Balaban J connectivity index is 1.08. The lowest BCUT2D eigenvalue weighted by Crippen LogP contribution is -2.26. The number of ether oxygens (including phenoxy) is 1. The van der Waals surface area contributed by atoms with E-state index in [-0.39, 0.29) is 13.1 Å². The Labute approximate surface area is 224 Å². The van der Waals surface area contributed by atoms with Gasteiger partial charge in [-0.15, -0.1) is 0 Å². The number of nitrogens with zero attached hydrogens (tertiary/aromatic N) is 7. The molecule has 1 N–H and O–H groups in total. The van der Waals surface area contributed by atoms with Gasteiger partial charge in [0.15, 0.2) is 0 Å². The molecule has 1 fully saturated rings. The van der Waals surface area contributed by atoms with E-state index in [2.05, 4.69) is 49.6 Å². The van der Waals surface area contributed by atoms with E-state index in [0.29, 0.717) is 36.9 Å². The summed E-state index contributed by atoms with van der Waals surface area (Å²) in [4.78, 5) is 15.1. The average molecular weight is 531 g/mol. The number of nitrogens with one attached hydrogen (secondary N) is 1. The van der Waals surface area contributed by atoms with Crippen molar-refractivity contribution in [3.63, 3.8) is 0 Å². The minimum absolute atomic E-state index is 0.113. The Bertz CT molecular complexity index is 1560. The van der Waals surface area contributed by atoms with E-state index >= 15 is 0 Å². The molecule has 1 aromatic carbocycles. The molecule has 1 aliphatic rings. The molecule has 0 spiro atoms. The van der Waals surface area contributed by atoms with Crippen molar-refractivity contribution >= 4 is 11.5 Å². The highest BCUT2D eigenvalue weighted by molar-refractivity contribution is 5.64. The second kappa shape index (κ2) is 10.8. The minimum atomic E-state index is -1.41. The largest absolute Gasteiger partial charge is 0.492 e. The Morgan fingerprint density at radius 3 is 2.56 bits per heavy atom. The van der Waals surface area contributed by atoms with E-state index in [1.165, 1.54) is 6.33 Å². The summed E-state index contributed by atoms with van der Waals surface area (Å²) in [5.74, 6) is 1.35. The Kier molecular flexibility index (Phi) is 6.89. The number of rotatable bonds is 9. The number of alkyl halides is 2. The molecule has 0 bridgehead atoms. The van der Waals surface area contributed by atoms with Gasteiger partial charge in [-0.3, -0.25) is 14.0 Å².